The first-order valence-corrected chi connectivity index (χ1v) is 6.74. The summed E-state index contributed by atoms with van der Waals surface area (Å²) in [5.74, 6) is 6.73. The van der Waals surface area contributed by atoms with Crippen LogP contribution in [0.15, 0.2) is 18.5 Å². The Morgan fingerprint density at radius 3 is 3.26 bits per heavy atom. The molecule has 2 rings (SSSR count). The molecule has 0 spiro atoms. The molecule has 0 aromatic carbocycles. The Hall–Kier alpha value is -1.28. The first-order valence-electron chi connectivity index (χ1n) is 6.21. The highest BCUT2D eigenvalue weighted by molar-refractivity contribution is 6.19. The van der Waals surface area contributed by atoms with Gasteiger partial charge >= 0.3 is 0 Å². The van der Waals surface area contributed by atoms with Gasteiger partial charge in [-0.3, -0.25) is 4.98 Å². The molecule has 1 aliphatic rings. The molecular formula is C14H17ClN2O2. The van der Waals surface area contributed by atoms with Gasteiger partial charge in [0.25, 0.3) is 0 Å². The summed E-state index contributed by atoms with van der Waals surface area (Å²) in [5.41, 5.74) is 0.805. The predicted molar refractivity (Wildman–Crippen MR) is 74.6 cm³/mol. The van der Waals surface area contributed by atoms with Gasteiger partial charge < -0.3 is 14.4 Å². The first-order chi connectivity index (χ1) is 9.28. The van der Waals surface area contributed by atoms with Crippen molar-refractivity contribution in [3.63, 3.8) is 0 Å². The highest BCUT2D eigenvalue weighted by Crippen LogP contribution is 2.12. The van der Waals surface area contributed by atoms with E-state index in [-0.39, 0.29) is 6.10 Å². The standard InChI is InChI=1S/C14H17ClN2O2/c1-17-5-6-18-14(10-17)11-19-13-7-12(3-2-4-15)8-16-9-13/h7-9,14H,4-6,10-11H2,1H3. The molecule has 1 aromatic heterocycles. The average molecular weight is 281 g/mol. The number of likely N-dealkylation sites (N-methyl/N-ethyl adjacent to an activating group) is 1. The van der Waals surface area contributed by atoms with Gasteiger partial charge in [-0.15, -0.1) is 11.6 Å². The van der Waals surface area contributed by atoms with Crippen LogP contribution in [0.2, 0.25) is 0 Å². The van der Waals surface area contributed by atoms with E-state index in [1.807, 2.05) is 6.07 Å². The average Bonchev–Trinajstić information content (AvgIpc) is 2.43. The molecule has 0 radical (unpaired) electrons. The van der Waals surface area contributed by atoms with Gasteiger partial charge in [0.05, 0.1) is 18.7 Å². The molecule has 5 heteroatoms. The maximum Gasteiger partial charge on any atom is 0.138 e. The van der Waals surface area contributed by atoms with E-state index >= 15 is 0 Å². The van der Waals surface area contributed by atoms with Gasteiger partial charge in [-0.25, -0.2) is 0 Å². The summed E-state index contributed by atoms with van der Waals surface area (Å²) in [4.78, 5) is 6.33. The van der Waals surface area contributed by atoms with E-state index < -0.39 is 0 Å². The van der Waals surface area contributed by atoms with Crippen molar-refractivity contribution in [3.05, 3.63) is 24.0 Å². The topological polar surface area (TPSA) is 34.6 Å². The second-order valence-electron chi connectivity index (χ2n) is 4.41. The van der Waals surface area contributed by atoms with Gasteiger partial charge in [0.2, 0.25) is 0 Å². The number of rotatable bonds is 3. The Morgan fingerprint density at radius 2 is 2.47 bits per heavy atom. The fraction of sp³-hybridized carbons (Fsp3) is 0.500. The third-order valence-corrected chi connectivity index (χ3v) is 2.92. The third-order valence-electron chi connectivity index (χ3n) is 2.79. The zero-order chi connectivity index (χ0) is 13.5. The maximum absolute atomic E-state index is 5.70. The molecule has 0 aliphatic carbocycles. The van der Waals surface area contributed by atoms with Crippen LogP contribution >= 0.6 is 11.6 Å². The van der Waals surface area contributed by atoms with Gasteiger partial charge in [-0.2, -0.15) is 0 Å². The number of nitrogens with zero attached hydrogens (tertiary/aromatic N) is 2. The Balaban J connectivity index is 1.88. The van der Waals surface area contributed by atoms with E-state index in [9.17, 15) is 0 Å². The van der Waals surface area contributed by atoms with Gasteiger partial charge in [-0.05, 0) is 13.1 Å². The van der Waals surface area contributed by atoms with E-state index in [0.29, 0.717) is 18.2 Å². The summed E-state index contributed by atoms with van der Waals surface area (Å²) < 4.78 is 11.3. The van der Waals surface area contributed by atoms with Crippen LogP contribution < -0.4 is 4.74 Å². The quantitative estimate of drug-likeness (QED) is 0.619. The Kier molecular flexibility index (Phi) is 5.46. The third kappa shape index (κ3) is 4.71. The summed E-state index contributed by atoms with van der Waals surface area (Å²) >= 11 is 5.52. The van der Waals surface area contributed by atoms with E-state index in [4.69, 9.17) is 21.1 Å². The Labute approximate surface area is 118 Å². The lowest BCUT2D eigenvalue weighted by molar-refractivity contribution is -0.0404. The number of halogens is 1. The minimum absolute atomic E-state index is 0.108. The number of hydrogen-bond acceptors (Lipinski definition) is 4. The van der Waals surface area contributed by atoms with E-state index in [2.05, 4.69) is 28.8 Å². The molecule has 1 aromatic rings. The predicted octanol–water partition coefficient (Wildman–Crippen LogP) is 1.38. The van der Waals surface area contributed by atoms with Crippen LogP contribution in [0.25, 0.3) is 0 Å². The second-order valence-corrected chi connectivity index (χ2v) is 4.68. The minimum Gasteiger partial charge on any atom is -0.489 e. The zero-order valence-electron chi connectivity index (χ0n) is 10.9. The molecule has 102 valence electrons. The lowest BCUT2D eigenvalue weighted by Gasteiger charge is -2.29. The number of morpholine rings is 1. The molecule has 2 heterocycles. The molecule has 1 atom stereocenters. The number of pyridine rings is 1. The molecule has 4 nitrogen and oxygen atoms in total. The van der Waals surface area contributed by atoms with Crippen molar-refractivity contribution in [1.29, 1.82) is 0 Å². The lowest BCUT2D eigenvalue weighted by atomic mass is 10.3. The maximum atomic E-state index is 5.70. The molecule has 1 saturated heterocycles. The van der Waals surface area contributed by atoms with Crippen LogP contribution in [0.1, 0.15) is 5.56 Å². The number of alkyl halides is 1. The number of ether oxygens (including phenoxy) is 2. The van der Waals surface area contributed by atoms with Crippen molar-refractivity contribution in [1.82, 2.24) is 9.88 Å². The minimum atomic E-state index is 0.108. The molecule has 1 aliphatic heterocycles. The zero-order valence-corrected chi connectivity index (χ0v) is 11.7. The van der Waals surface area contributed by atoms with Gasteiger partial charge in [0, 0.05) is 24.8 Å². The first kappa shape index (κ1) is 14.1. The molecule has 0 bridgehead atoms. The molecule has 0 amide bonds. The summed E-state index contributed by atoms with van der Waals surface area (Å²) in [6, 6.07) is 1.86. The van der Waals surface area contributed by atoms with Gasteiger partial charge in [0.15, 0.2) is 0 Å². The normalized spacial score (nSPS) is 19.6. The fourth-order valence-electron chi connectivity index (χ4n) is 1.86. The molecular weight excluding hydrogens is 264 g/mol. The van der Waals surface area contributed by atoms with Crippen molar-refractivity contribution >= 4 is 11.6 Å². The van der Waals surface area contributed by atoms with Crippen molar-refractivity contribution in [3.8, 4) is 17.6 Å². The van der Waals surface area contributed by atoms with E-state index in [1.165, 1.54) is 0 Å². The lowest BCUT2D eigenvalue weighted by Crippen LogP contribution is -2.42. The number of hydrogen-bond donors (Lipinski definition) is 0. The molecule has 19 heavy (non-hydrogen) atoms. The summed E-state index contributed by atoms with van der Waals surface area (Å²) in [6.45, 7) is 3.14. The van der Waals surface area contributed by atoms with Gasteiger partial charge in [0.1, 0.15) is 18.5 Å². The van der Waals surface area contributed by atoms with Crippen molar-refractivity contribution in [2.24, 2.45) is 0 Å². The number of aromatic nitrogens is 1. The van der Waals surface area contributed by atoms with Crippen LogP contribution in [0.4, 0.5) is 0 Å². The van der Waals surface area contributed by atoms with Crippen molar-refractivity contribution in [2.45, 2.75) is 6.10 Å². The smallest absolute Gasteiger partial charge is 0.138 e. The molecule has 0 saturated carbocycles. The van der Waals surface area contributed by atoms with Crippen molar-refractivity contribution in [2.75, 3.05) is 39.2 Å². The van der Waals surface area contributed by atoms with Crippen molar-refractivity contribution < 1.29 is 9.47 Å². The fourth-order valence-corrected chi connectivity index (χ4v) is 1.93. The second kappa shape index (κ2) is 7.34. The summed E-state index contributed by atoms with van der Waals surface area (Å²) in [6.07, 6.45) is 3.48. The Morgan fingerprint density at radius 1 is 1.58 bits per heavy atom. The van der Waals surface area contributed by atoms with E-state index in [0.717, 1.165) is 25.3 Å². The summed E-state index contributed by atoms with van der Waals surface area (Å²) in [5, 5.41) is 0. The highest BCUT2D eigenvalue weighted by atomic mass is 35.5. The van der Waals surface area contributed by atoms with Crippen LogP contribution in [-0.4, -0.2) is 55.2 Å². The highest BCUT2D eigenvalue weighted by Gasteiger charge is 2.18. The SMILES string of the molecule is CN1CCOC(COc2cncc(C#CCCl)c2)C1. The van der Waals surface area contributed by atoms with Crippen LogP contribution in [0.5, 0.6) is 5.75 Å². The van der Waals surface area contributed by atoms with Gasteiger partial charge in [-0.1, -0.05) is 11.8 Å². The molecule has 1 unspecified atom stereocenters. The molecule has 1 fully saturated rings. The van der Waals surface area contributed by atoms with Crippen LogP contribution in [0, 0.1) is 11.8 Å². The van der Waals surface area contributed by atoms with Crippen LogP contribution in [-0.2, 0) is 4.74 Å². The Bertz CT molecular complexity index is 470. The summed E-state index contributed by atoms with van der Waals surface area (Å²) in [7, 11) is 2.08. The monoisotopic (exact) mass is 280 g/mol. The molecule has 0 N–H and O–H groups in total. The van der Waals surface area contributed by atoms with Crippen LogP contribution in [0.3, 0.4) is 0 Å². The largest absolute Gasteiger partial charge is 0.489 e. The van der Waals surface area contributed by atoms with E-state index in [1.54, 1.807) is 12.4 Å².